The number of esters is 2. The van der Waals surface area contributed by atoms with Crippen LogP contribution < -0.4 is 9.47 Å². The van der Waals surface area contributed by atoms with Gasteiger partial charge in [-0.3, -0.25) is 9.59 Å². The van der Waals surface area contributed by atoms with Crippen molar-refractivity contribution in [1.82, 2.24) is 0 Å². The first-order valence-electron chi connectivity index (χ1n) is 5.30. The Balaban J connectivity index is 2.11. The summed E-state index contributed by atoms with van der Waals surface area (Å²) in [5, 5.41) is 0. The molecule has 4 nitrogen and oxygen atoms in total. The molecule has 0 unspecified atom stereocenters. The number of fused-ring (bicyclic) bond motifs is 3. The van der Waals surface area contributed by atoms with Crippen molar-refractivity contribution in [2.45, 2.75) is 25.7 Å². The fourth-order valence-corrected chi connectivity index (χ4v) is 2.12. The van der Waals surface area contributed by atoms with Gasteiger partial charge in [0.1, 0.15) is 11.5 Å². The summed E-state index contributed by atoms with van der Waals surface area (Å²) in [7, 11) is 0. The van der Waals surface area contributed by atoms with E-state index in [-0.39, 0.29) is 11.9 Å². The highest BCUT2D eigenvalue weighted by Gasteiger charge is 2.26. The molecule has 2 heterocycles. The maximum absolute atomic E-state index is 11.2. The second kappa shape index (κ2) is 3.33. The van der Waals surface area contributed by atoms with Crippen LogP contribution in [0.2, 0.25) is 0 Å². The molecule has 82 valence electrons. The van der Waals surface area contributed by atoms with Gasteiger partial charge in [-0.1, -0.05) is 6.07 Å². The van der Waals surface area contributed by atoms with Gasteiger partial charge in [0.15, 0.2) is 0 Å². The zero-order valence-electron chi connectivity index (χ0n) is 8.62. The number of hydrogen-bond acceptors (Lipinski definition) is 4. The maximum atomic E-state index is 11.2. The molecule has 0 amide bonds. The van der Waals surface area contributed by atoms with Gasteiger partial charge in [-0.25, -0.2) is 0 Å². The Kier molecular flexibility index (Phi) is 1.96. The molecule has 2 aliphatic rings. The molecule has 0 atom stereocenters. The highest BCUT2D eigenvalue weighted by atomic mass is 16.5. The van der Waals surface area contributed by atoms with Crippen molar-refractivity contribution >= 4 is 11.9 Å². The van der Waals surface area contributed by atoms with Crippen molar-refractivity contribution < 1.29 is 19.1 Å². The summed E-state index contributed by atoms with van der Waals surface area (Å²) in [4.78, 5) is 22.4. The first kappa shape index (κ1) is 9.39. The van der Waals surface area contributed by atoms with Gasteiger partial charge in [-0.05, 0) is 24.5 Å². The molecule has 0 spiro atoms. The summed E-state index contributed by atoms with van der Waals surface area (Å²) >= 11 is 0. The van der Waals surface area contributed by atoms with E-state index in [1.807, 2.05) is 6.07 Å². The van der Waals surface area contributed by atoms with Gasteiger partial charge in [0, 0.05) is 5.56 Å². The molecule has 0 N–H and O–H groups in total. The largest absolute Gasteiger partial charge is 0.426 e. The molecular formula is C12H10O4. The molecule has 2 aliphatic heterocycles. The predicted molar refractivity (Wildman–Crippen MR) is 54.4 cm³/mol. The Morgan fingerprint density at radius 1 is 0.875 bits per heavy atom. The third kappa shape index (κ3) is 1.38. The van der Waals surface area contributed by atoms with Crippen LogP contribution >= 0.6 is 0 Å². The minimum Gasteiger partial charge on any atom is -0.426 e. The van der Waals surface area contributed by atoms with E-state index in [9.17, 15) is 9.59 Å². The molecular weight excluding hydrogens is 208 g/mol. The average Bonchev–Trinajstić information content (AvgIpc) is 2.28. The zero-order chi connectivity index (χ0) is 11.1. The van der Waals surface area contributed by atoms with E-state index in [2.05, 4.69) is 0 Å². The molecule has 4 heteroatoms. The Bertz CT molecular complexity index is 490. The van der Waals surface area contributed by atoms with Gasteiger partial charge < -0.3 is 9.47 Å². The lowest BCUT2D eigenvalue weighted by molar-refractivity contribution is -0.135. The zero-order valence-corrected chi connectivity index (χ0v) is 8.62. The topological polar surface area (TPSA) is 52.6 Å². The highest BCUT2D eigenvalue weighted by molar-refractivity contribution is 5.80. The Morgan fingerprint density at radius 3 is 2.50 bits per heavy atom. The van der Waals surface area contributed by atoms with Gasteiger partial charge in [-0.2, -0.15) is 0 Å². The number of ether oxygens (including phenoxy) is 2. The van der Waals surface area contributed by atoms with E-state index in [0.29, 0.717) is 37.2 Å². The summed E-state index contributed by atoms with van der Waals surface area (Å²) < 4.78 is 10.3. The van der Waals surface area contributed by atoms with Crippen LogP contribution in [0.25, 0.3) is 0 Å². The molecule has 1 aromatic rings. The molecule has 0 fully saturated rings. The van der Waals surface area contributed by atoms with E-state index in [4.69, 9.17) is 9.47 Å². The van der Waals surface area contributed by atoms with E-state index in [0.717, 1.165) is 11.1 Å². The average molecular weight is 218 g/mol. The molecule has 16 heavy (non-hydrogen) atoms. The second-order valence-corrected chi connectivity index (χ2v) is 3.98. The number of carbonyl (C=O) groups is 2. The molecule has 0 saturated heterocycles. The van der Waals surface area contributed by atoms with Crippen LogP contribution in [0.3, 0.4) is 0 Å². The Labute approximate surface area is 92.2 Å². The second-order valence-electron chi connectivity index (χ2n) is 3.98. The van der Waals surface area contributed by atoms with Crippen molar-refractivity contribution in [3.8, 4) is 11.5 Å². The van der Waals surface area contributed by atoms with Crippen LogP contribution in [0.1, 0.15) is 24.0 Å². The molecule has 0 radical (unpaired) electrons. The van der Waals surface area contributed by atoms with Gasteiger partial charge in [-0.15, -0.1) is 0 Å². The quantitative estimate of drug-likeness (QED) is 0.487. The van der Waals surface area contributed by atoms with Gasteiger partial charge in [0.05, 0.1) is 12.8 Å². The standard InChI is InChI=1S/C12H10O4/c13-10-6-3-8-9(15-10)4-1-7-2-5-11(14)16-12(7)8/h1,4H,2-3,5-6H2. The number of rotatable bonds is 0. The number of hydrogen-bond donors (Lipinski definition) is 0. The summed E-state index contributed by atoms with van der Waals surface area (Å²) in [5.41, 5.74) is 1.88. The highest BCUT2D eigenvalue weighted by Crippen LogP contribution is 2.38. The first-order chi connectivity index (χ1) is 7.74. The minimum atomic E-state index is -0.227. The number of carbonyl (C=O) groups excluding carboxylic acids is 2. The first-order valence-corrected chi connectivity index (χ1v) is 5.30. The van der Waals surface area contributed by atoms with Crippen LogP contribution in [0.4, 0.5) is 0 Å². The van der Waals surface area contributed by atoms with Crippen molar-refractivity contribution in [3.63, 3.8) is 0 Å². The molecule has 3 rings (SSSR count). The van der Waals surface area contributed by atoms with E-state index >= 15 is 0 Å². The lowest BCUT2D eigenvalue weighted by Crippen LogP contribution is -2.21. The Morgan fingerprint density at radius 2 is 1.62 bits per heavy atom. The molecule has 1 aromatic carbocycles. The fraction of sp³-hybridized carbons (Fsp3) is 0.333. The lowest BCUT2D eigenvalue weighted by Gasteiger charge is -2.23. The molecule has 0 saturated carbocycles. The summed E-state index contributed by atoms with van der Waals surface area (Å²) in [6, 6.07) is 3.64. The molecule has 0 aliphatic carbocycles. The van der Waals surface area contributed by atoms with Crippen molar-refractivity contribution in [3.05, 3.63) is 23.3 Å². The smallest absolute Gasteiger partial charge is 0.311 e. The lowest BCUT2D eigenvalue weighted by atomic mass is 9.97. The van der Waals surface area contributed by atoms with Crippen LogP contribution in [-0.2, 0) is 22.4 Å². The predicted octanol–water partition coefficient (Wildman–Crippen LogP) is 1.39. The monoisotopic (exact) mass is 218 g/mol. The van der Waals surface area contributed by atoms with Crippen LogP contribution in [-0.4, -0.2) is 11.9 Å². The maximum Gasteiger partial charge on any atom is 0.311 e. The van der Waals surface area contributed by atoms with Gasteiger partial charge in [0.2, 0.25) is 0 Å². The summed E-state index contributed by atoms with van der Waals surface area (Å²) in [5.74, 6) is 0.707. The number of aryl methyl sites for hydroxylation is 1. The minimum absolute atomic E-state index is 0.210. The van der Waals surface area contributed by atoms with E-state index < -0.39 is 0 Å². The summed E-state index contributed by atoms with van der Waals surface area (Å²) in [6.07, 6.45) is 2.06. The van der Waals surface area contributed by atoms with E-state index in [1.165, 1.54) is 0 Å². The third-order valence-electron chi connectivity index (χ3n) is 2.92. The normalized spacial score (nSPS) is 18.2. The van der Waals surface area contributed by atoms with E-state index in [1.54, 1.807) is 6.07 Å². The van der Waals surface area contributed by atoms with Crippen molar-refractivity contribution in [2.24, 2.45) is 0 Å². The SMILES string of the molecule is O=C1CCc2c(ccc3c2OC(=O)CC3)O1. The van der Waals surface area contributed by atoms with Crippen molar-refractivity contribution in [2.75, 3.05) is 0 Å². The van der Waals surface area contributed by atoms with Gasteiger partial charge in [0.25, 0.3) is 0 Å². The van der Waals surface area contributed by atoms with Crippen molar-refractivity contribution in [1.29, 1.82) is 0 Å². The molecule has 0 bridgehead atoms. The third-order valence-corrected chi connectivity index (χ3v) is 2.92. The van der Waals surface area contributed by atoms with Crippen LogP contribution in [0, 0.1) is 0 Å². The number of benzene rings is 1. The molecule has 0 aromatic heterocycles. The van der Waals surface area contributed by atoms with Crippen LogP contribution in [0.5, 0.6) is 11.5 Å². The summed E-state index contributed by atoms with van der Waals surface area (Å²) in [6.45, 7) is 0. The Hall–Kier alpha value is -1.84. The fourth-order valence-electron chi connectivity index (χ4n) is 2.12. The van der Waals surface area contributed by atoms with Gasteiger partial charge >= 0.3 is 11.9 Å². The van der Waals surface area contributed by atoms with Crippen LogP contribution in [0.15, 0.2) is 12.1 Å².